The molecule has 0 rings (SSSR count). The van der Waals surface area contributed by atoms with Crippen LogP contribution < -0.4 is 103 Å². The Bertz CT molecular complexity index is 302. The minimum absolute atomic E-state index is 0. The van der Waals surface area contributed by atoms with E-state index < -0.39 is 24.2 Å². The van der Waals surface area contributed by atoms with Gasteiger partial charge in [0.1, 0.15) is 0 Å². The molecule has 0 heterocycles. The third-order valence-corrected chi connectivity index (χ3v) is 0. The number of carbonyl (C=O) groups is 1. The summed E-state index contributed by atoms with van der Waals surface area (Å²) in [5.74, 6) is -0.833. The molecule has 0 unspecified atom stereocenters. The van der Waals surface area contributed by atoms with Crippen molar-refractivity contribution in [3.8, 4) is 0 Å². The van der Waals surface area contributed by atoms with Crippen LogP contribution in [0.3, 0.4) is 0 Å². The molecule has 0 radical (unpaired) electrons. The molecular weight excluding hydrogens is 390 g/mol. The average molecular weight is 405 g/mol. The molecule has 0 aromatic heterocycles. The van der Waals surface area contributed by atoms with Crippen LogP contribution in [0.5, 0.6) is 0 Å². The van der Waals surface area contributed by atoms with Crippen LogP contribution in [0.4, 0.5) is 0 Å². The molecule has 0 saturated carbocycles. The summed E-state index contributed by atoms with van der Waals surface area (Å²) >= 11 is 0. The molecule has 0 spiro atoms. The first-order valence-corrected chi connectivity index (χ1v) is 5.37. The van der Waals surface area contributed by atoms with Gasteiger partial charge in [-0.2, -0.15) is 8.42 Å². The monoisotopic (exact) mass is 404 g/mol. The Morgan fingerprint density at radius 3 is 1.11 bits per heavy atom. The molecule has 0 aromatic rings. The van der Waals surface area contributed by atoms with Gasteiger partial charge in [-0.05, 0) is 0 Å². The van der Waals surface area contributed by atoms with Gasteiger partial charge in [0, 0.05) is 6.92 Å². The summed E-state index contributed by atoms with van der Waals surface area (Å²) in [5.41, 5.74) is 0. The van der Waals surface area contributed by atoms with E-state index in [1.165, 1.54) is 0 Å². The van der Waals surface area contributed by atoms with E-state index >= 15 is 0 Å². The zero-order chi connectivity index (χ0) is 12.6. The van der Waals surface area contributed by atoms with Crippen LogP contribution >= 0.6 is 7.82 Å². The maximum absolute atomic E-state index is 9.00. The molecule has 0 aromatic carbocycles. The van der Waals surface area contributed by atoms with E-state index in [9.17, 15) is 0 Å². The Labute approximate surface area is 244 Å². The standard InChI is InChI=1S/C2H4O2.Ca.2K.Mg.H3O4P.H2O4S.6H/c1-2(3)4;;;;;2*1-5(2,3)4;;;;;;/h1H3,(H,3,4);;;;;(H3,1,2,3,4);(H2,1,2,3,4);;;;;;/q;+2;2*+1;+2;;;6*-1. The Kier molecular flexibility index (Phi) is 57.9. The van der Waals surface area contributed by atoms with Gasteiger partial charge >= 0.3 is 182 Å². The molecule has 10 nitrogen and oxygen atoms in total. The quantitative estimate of drug-likeness (QED) is 0.128. The third-order valence-electron chi connectivity index (χ3n) is 0. The molecule has 100 valence electrons. The first kappa shape index (κ1) is 43.4. The fourth-order valence-electron chi connectivity index (χ4n) is 0. The average Bonchev–Trinajstić information content (AvgIpc) is 1.45. The Hall–Kier alpha value is 4.75. The number of phosphoric acid groups is 1. The number of hydrogen-bond donors (Lipinski definition) is 6. The summed E-state index contributed by atoms with van der Waals surface area (Å²) in [5, 5.41) is 7.42. The van der Waals surface area contributed by atoms with Crippen molar-refractivity contribution in [2.75, 3.05) is 0 Å². The van der Waals surface area contributed by atoms with E-state index in [2.05, 4.69) is 0 Å². The van der Waals surface area contributed by atoms with Crippen molar-refractivity contribution in [1.29, 1.82) is 0 Å². The Morgan fingerprint density at radius 1 is 1.11 bits per heavy atom. The largest absolute Gasteiger partial charge is 2.00 e. The number of carboxylic acids is 1. The molecule has 16 heteroatoms. The van der Waals surface area contributed by atoms with Crippen molar-refractivity contribution in [2.45, 2.75) is 6.92 Å². The number of carboxylic acid groups (broad SMARTS) is 1. The molecular formula is C2H15CaK2MgO10PS. The van der Waals surface area contributed by atoms with Crippen LogP contribution in [0, 0.1) is 0 Å². The van der Waals surface area contributed by atoms with Crippen LogP contribution in [0.25, 0.3) is 0 Å². The van der Waals surface area contributed by atoms with Crippen LogP contribution in [-0.2, 0) is 19.8 Å². The molecule has 18 heavy (non-hydrogen) atoms. The molecule has 0 fully saturated rings. The fourth-order valence-corrected chi connectivity index (χ4v) is 0. The molecule has 0 amide bonds. The Morgan fingerprint density at radius 2 is 1.11 bits per heavy atom. The molecule has 0 aliphatic carbocycles. The van der Waals surface area contributed by atoms with Gasteiger partial charge in [-0.25, -0.2) is 4.57 Å². The summed E-state index contributed by atoms with van der Waals surface area (Å²) in [6, 6.07) is 0. The summed E-state index contributed by atoms with van der Waals surface area (Å²) in [6.45, 7) is 1.08. The van der Waals surface area contributed by atoms with Gasteiger partial charge in [0.15, 0.2) is 0 Å². The van der Waals surface area contributed by atoms with Crippen molar-refractivity contribution < 1.29 is 158 Å². The van der Waals surface area contributed by atoms with Crippen LogP contribution in [0.2, 0.25) is 0 Å². The first-order chi connectivity index (χ1) is 5.73. The van der Waals surface area contributed by atoms with Gasteiger partial charge in [0.25, 0.3) is 5.97 Å². The van der Waals surface area contributed by atoms with E-state index in [4.69, 9.17) is 46.7 Å². The Balaban J connectivity index is -0.00000000571. The van der Waals surface area contributed by atoms with E-state index in [0.717, 1.165) is 6.92 Å². The van der Waals surface area contributed by atoms with Gasteiger partial charge in [-0.3, -0.25) is 13.9 Å². The topological polar surface area (TPSA) is 190 Å². The second kappa shape index (κ2) is 24.0. The van der Waals surface area contributed by atoms with E-state index in [1.54, 1.807) is 0 Å². The summed E-state index contributed by atoms with van der Waals surface area (Å²) in [4.78, 5) is 30.6. The predicted octanol–water partition coefficient (Wildman–Crippen LogP) is -7.57. The van der Waals surface area contributed by atoms with Crippen LogP contribution in [0.15, 0.2) is 0 Å². The van der Waals surface area contributed by atoms with Crippen molar-refractivity contribution in [3.63, 3.8) is 0 Å². The zero-order valence-corrected chi connectivity index (χ0v) is 21.7. The molecule has 0 saturated heterocycles. The summed E-state index contributed by atoms with van der Waals surface area (Å²) in [7, 11) is -9.31. The third kappa shape index (κ3) is 359. The van der Waals surface area contributed by atoms with E-state index in [-0.39, 0.29) is 172 Å². The number of aliphatic carboxylic acids is 1. The SMILES string of the molecule is CC(=O)O.O=P(O)(O)O.O=S(=O)(O)O.[Ca+2].[H-].[H-].[H-].[H-].[H-].[H-].[K+].[K+].[Mg+2]. The minimum atomic E-state index is -4.67. The predicted molar refractivity (Wildman–Crippen MR) is 59.9 cm³/mol. The maximum Gasteiger partial charge on any atom is 2.00 e. The van der Waals surface area contributed by atoms with Crippen LogP contribution in [-0.4, -0.2) is 104 Å². The molecule has 0 bridgehead atoms. The van der Waals surface area contributed by atoms with Crippen molar-refractivity contribution in [2.24, 2.45) is 0 Å². The van der Waals surface area contributed by atoms with Crippen LogP contribution in [0.1, 0.15) is 15.5 Å². The smallest absolute Gasteiger partial charge is 1.00 e. The fraction of sp³-hybridized carbons (Fsp3) is 0.500. The minimum Gasteiger partial charge on any atom is -1.00 e. The van der Waals surface area contributed by atoms with E-state index in [0.29, 0.717) is 0 Å². The van der Waals surface area contributed by atoms with E-state index in [1.807, 2.05) is 0 Å². The van der Waals surface area contributed by atoms with Gasteiger partial charge < -0.3 is 28.3 Å². The number of hydrogen-bond acceptors (Lipinski definition) is 4. The van der Waals surface area contributed by atoms with Gasteiger partial charge in [-0.15, -0.1) is 0 Å². The molecule has 0 atom stereocenters. The van der Waals surface area contributed by atoms with Crippen molar-refractivity contribution in [3.05, 3.63) is 0 Å². The van der Waals surface area contributed by atoms with Gasteiger partial charge in [-0.1, -0.05) is 0 Å². The normalized spacial score (nSPS) is 7.89. The summed E-state index contributed by atoms with van der Waals surface area (Å²) in [6.07, 6.45) is 0. The second-order valence-corrected chi connectivity index (χ2v) is 3.40. The number of rotatable bonds is 0. The zero-order valence-electron chi connectivity index (χ0n) is 16.1. The van der Waals surface area contributed by atoms with Crippen molar-refractivity contribution in [1.82, 2.24) is 0 Å². The van der Waals surface area contributed by atoms with Crippen molar-refractivity contribution >= 4 is 85.0 Å². The summed E-state index contributed by atoms with van der Waals surface area (Å²) < 4.78 is 40.5. The second-order valence-electron chi connectivity index (χ2n) is 1.48. The van der Waals surface area contributed by atoms with Gasteiger partial charge in [0.2, 0.25) is 0 Å². The molecule has 6 N–H and O–H groups in total. The molecule has 0 aliphatic heterocycles. The first-order valence-electron chi connectivity index (χ1n) is 2.41. The molecule has 0 aliphatic rings. The maximum atomic E-state index is 9.00. The van der Waals surface area contributed by atoms with Gasteiger partial charge in [0.05, 0.1) is 0 Å².